The number of carbonyl (C=O) groups excluding carboxylic acids is 1. The zero-order valence-corrected chi connectivity index (χ0v) is 14.4. The number of benzene rings is 2. The molecular formula is C18H16ClNO5. The number of hydrogen-bond acceptors (Lipinski definition) is 5. The number of carbonyl (C=O) groups is 1. The Labute approximate surface area is 149 Å². The summed E-state index contributed by atoms with van der Waals surface area (Å²) in [5, 5.41) is 3.14. The van der Waals surface area contributed by atoms with Crippen molar-refractivity contribution in [1.29, 1.82) is 0 Å². The van der Waals surface area contributed by atoms with Crippen molar-refractivity contribution in [2.75, 3.05) is 26.3 Å². The van der Waals surface area contributed by atoms with E-state index in [2.05, 4.69) is 5.32 Å². The predicted octanol–water partition coefficient (Wildman–Crippen LogP) is 3.74. The van der Waals surface area contributed by atoms with Crippen LogP contribution in [-0.2, 0) is 4.79 Å². The first-order chi connectivity index (χ1) is 12.1. The van der Waals surface area contributed by atoms with Crippen LogP contribution in [0.5, 0.6) is 23.0 Å². The highest BCUT2D eigenvalue weighted by molar-refractivity contribution is 6.32. The summed E-state index contributed by atoms with van der Waals surface area (Å²) >= 11 is 6.05. The van der Waals surface area contributed by atoms with E-state index in [1.54, 1.807) is 30.3 Å². The number of nitrogens with one attached hydrogen (secondary N) is 1. The monoisotopic (exact) mass is 361 g/mol. The lowest BCUT2D eigenvalue weighted by atomic mass is 10.2. The van der Waals surface area contributed by atoms with Gasteiger partial charge in [-0.15, -0.1) is 0 Å². The Hall–Kier alpha value is -2.86. The van der Waals surface area contributed by atoms with Gasteiger partial charge in [0.25, 0.3) is 0 Å². The van der Waals surface area contributed by atoms with E-state index in [1.165, 1.54) is 20.3 Å². The maximum absolute atomic E-state index is 12.2. The third-order valence-electron chi connectivity index (χ3n) is 3.56. The molecular weight excluding hydrogens is 346 g/mol. The first-order valence-electron chi connectivity index (χ1n) is 7.41. The van der Waals surface area contributed by atoms with Gasteiger partial charge in [-0.05, 0) is 23.8 Å². The van der Waals surface area contributed by atoms with Crippen molar-refractivity contribution in [3.63, 3.8) is 0 Å². The SMILES string of the molecule is COc1cc(NC(=O)C=Cc2ccc3c(c2)OCO3)c(OC)cc1Cl. The molecule has 1 amide bonds. The summed E-state index contributed by atoms with van der Waals surface area (Å²) in [5.74, 6) is 1.92. The number of ether oxygens (including phenoxy) is 4. The quantitative estimate of drug-likeness (QED) is 0.822. The highest BCUT2D eigenvalue weighted by Gasteiger charge is 2.13. The van der Waals surface area contributed by atoms with Crippen LogP contribution in [0, 0.1) is 0 Å². The fourth-order valence-electron chi connectivity index (χ4n) is 2.32. The molecule has 2 aromatic carbocycles. The van der Waals surface area contributed by atoms with Crippen LogP contribution in [0.15, 0.2) is 36.4 Å². The van der Waals surface area contributed by atoms with E-state index in [4.69, 9.17) is 30.5 Å². The van der Waals surface area contributed by atoms with Gasteiger partial charge in [0, 0.05) is 18.2 Å². The minimum absolute atomic E-state index is 0.210. The van der Waals surface area contributed by atoms with Crippen LogP contribution in [-0.4, -0.2) is 26.9 Å². The number of methoxy groups -OCH3 is 2. The second-order valence-corrected chi connectivity index (χ2v) is 5.53. The molecule has 2 aromatic rings. The van der Waals surface area contributed by atoms with Gasteiger partial charge in [0.15, 0.2) is 11.5 Å². The maximum Gasteiger partial charge on any atom is 0.248 e. The maximum atomic E-state index is 12.2. The highest BCUT2D eigenvalue weighted by atomic mass is 35.5. The molecule has 1 aliphatic heterocycles. The molecule has 0 spiro atoms. The molecule has 3 rings (SSSR count). The lowest BCUT2D eigenvalue weighted by Gasteiger charge is -2.12. The van der Waals surface area contributed by atoms with Gasteiger partial charge in [0.2, 0.25) is 12.7 Å². The molecule has 25 heavy (non-hydrogen) atoms. The van der Waals surface area contributed by atoms with Gasteiger partial charge in [-0.2, -0.15) is 0 Å². The van der Waals surface area contributed by atoms with E-state index >= 15 is 0 Å². The molecule has 0 aromatic heterocycles. The molecule has 0 saturated carbocycles. The van der Waals surface area contributed by atoms with Crippen molar-refractivity contribution in [1.82, 2.24) is 0 Å². The van der Waals surface area contributed by atoms with Gasteiger partial charge in [0.05, 0.1) is 24.9 Å². The van der Waals surface area contributed by atoms with Crippen LogP contribution < -0.4 is 24.3 Å². The summed E-state index contributed by atoms with van der Waals surface area (Å²) in [4.78, 5) is 12.2. The molecule has 0 atom stereocenters. The Bertz CT molecular complexity index is 834. The van der Waals surface area contributed by atoms with Crippen LogP contribution in [0.25, 0.3) is 6.08 Å². The molecule has 6 nitrogen and oxygen atoms in total. The van der Waals surface area contributed by atoms with E-state index in [-0.39, 0.29) is 12.7 Å². The molecule has 7 heteroatoms. The van der Waals surface area contributed by atoms with Crippen molar-refractivity contribution >= 4 is 29.3 Å². The second-order valence-electron chi connectivity index (χ2n) is 5.12. The van der Waals surface area contributed by atoms with E-state index < -0.39 is 0 Å². The van der Waals surface area contributed by atoms with Crippen LogP contribution in [0.2, 0.25) is 5.02 Å². The number of fused-ring (bicyclic) bond motifs is 1. The number of anilines is 1. The Kier molecular flexibility index (Phi) is 5.00. The third-order valence-corrected chi connectivity index (χ3v) is 3.85. The van der Waals surface area contributed by atoms with Crippen molar-refractivity contribution < 1.29 is 23.7 Å². The number of amides is 1. The van der Waals surface area contributed by atoms with E-state index in [9.17, 15) is 4.79 Å². The minimum Gasteiger partial charge on any atom is -0.495 e. The number of rotatable bonds is 5. The summed E-state index contributed by atoms with van der Waals surface area (Å²) in [7, 11) is 3.00. The fraction of sp³-hybridized carbons (Fsp3) is 0.167. The van der Waals surface area contributed by atoms with Crippen LogP contribution >= 0.6 is 11.6 Å². The summed E-state index contributed by atoms with van der Waals surface area (Å²) < 4.78 is 20.9. The molecule has 0 bridgehead atoms. The van der Waals surface area contributed by atoms with Gasteiger partial charge in [0.1, 0.15) is 11.5 Å². The standard InChI is InChI=1S/C18H16ClNO5/c1-22-15-9-13(16(23-2)8-12(15)19)20-18(21)6-4-11-3-5-14-17(7-11)25-10-24-14/h3-9H,10H2,1-2H3,(H,20,21). The second kappa shape index (κ2) is 7.36. The smallest absolute Gasteiger partial charge is 0.248 e. The van der Waals surface area contributed by atoms with Crippen LogP contribution in [0.1, 0.15) is 5.56 Å². The molecule has 0 radical (unpaired) electrons. The van der Waals surface area contributed by atoms with Crippen LogP contribution in [0.4, 0.5) is 5.69 Å². The molecule has 0 fully saturated rings. The van der Waals surface area contributed by atoms with Crippen LogP contribution in [0.3, 0.4) is 0 Å². The zero-order valence-electron chi connectivity index (χ0n) is 13.7. The lowest BCUT2D eigenvalue weighted by molar-refractivity contribution is -0.111. The molecule has 1 N–H and O–H groups in total. The molecule has 0 unspecified atom stereocenters. The fourth-order valence-corrected chi connectivity index (χ4v) is 2.55. The van der Waals surface area contributed by atoms with E-state index in [0.29, 0.717) is 33.7 Å². The number of halogens is 1. The first kappa shape index (κ1) is 17.0. The van der Waals surface area contributed by atoms with Gasteiger partial charge in [-0.1, -0.05) is 17.7 Å². The summed E-state index contributed by atoms with van der Waals surface area (Å²) in [6.07, 6.45) is 3.09. The summed E-state index contributed by atoms with van der Waals surface area (Å²) in [6.45, 7) is 0.210. The topological polar surface area (TPSA) is 66.0 Å². The first-order valence-corrected chi connectivity index (χ1v) is 7.78. The van der Waals surface area contributed by atoms with Crippen molar-refractivity contribution in [2.24, 2.45) is 0 Å². The Morgan fingerprint density at radius 3 is 2.64 bits per heavy atom. The average molecular weight is 362 g/mol. The summed E-state index contributed by atoms with van der Waals surface area (Å²) in [5.41, 5.74) is 1.28. The van der Waals surface area contributed by atoms with Crippen molar-refractivity contribution in [2.45, 2.75) is 0 Å². The average Bonchev–Trinajstić information content (AvgIpc) is 3.08. The normalized spacial score (nSPS) is 12.3. The number of hydrogen-bond donors (Lipinski definition) is 1. The van der Waals surface area contributed by atoms with Gasteiger partial charge in [-0.25, -0.2) is 0 Å². The van der Waals surface area contributed by atoms with Gasteiger partial charge in [-0.3, -0.25) is 4.79 Å². The summed E-state index contributed by atoms with van der Waals surface area (Å²) in [6, 6.07) is 8.62. The highest BCUT2D eigenvalue weighted by Crippen LogP contribution is 2.36. The predicted molar refractivity (Wildman–Crippen MR) is 94.8 cm³/mol. The molecule has 1 aliphatic rings. The van der Waals surface area contributed by atoms with Crippen molar-refractivity contribution in [3.8, 4) is 23.0 Å². The van der Waals surface area contributed by atoms with Gasteiger partial charge >= 0.3 is 0 Å². The Balaban J connectivity index is 1.74. The molecule has 130 valence electrons. The molecule has 1 heterocycles. The third kappa shape index (κ3) is 3.80. The lowest BCUT2D eigenvalue weighted by Crippen LogP contribution is -2.09. The van der Waals surface area contributed by atoms with Crippen molar-refractivity contribution in [3.05, 3.63) is 47.0 Å². The largest absolute Gasteiger partial charge is 0.495 e. The zero-order chi connectivity index (χ0) is 17.8. The minimum atomic E-state index is -0.319. The van der Waals surface area contributed by atoms with Gasteiger partial charge < -0.3 is 24.3 Å². The Morgan fingerprint density at radius 1 is 1.12 bits per heavy atom. The Morgan fingerprint density at radius 2 is 1.88 bits per heavy atom. The van der Waals surface area contributed by atoms with E-state index in [1.807, 2.05) is 6.07 Å². The van der Waals surface area contributed by atoms with E-state index in [0.717, 1.165) is 5.56 Å². The molecule has 0 aliphatic carbocycles. The molecule has 0 saturated heterocycles.